The van der Waals surface area contributed by atoms with Gasteiger partial charge >= 0.3 is 0 Å². The minimum Gasteiger partial charge on any atom is -0.311 e. The van der Waals surface area contributed by atoms with Crippen molar-refractivity contribution in [1.82, 2.24) is 10.2 Å². The van der Waals surface area contributed by atoms with E-state index in [1.54, 1.807) is 0 Å². The van der Waals surface area contributed by atoms with Crippen molar-refractivity contribution in [3.8, 4) is 11.8 Å². The van der Waals surface area contributed by atoms with Gasteiger partial charge in [0.15, 0.2) is 0 Å². The van der Waals surface area contributed by atoms with E-state index in [4.69, 9.17) is 0 Å². The Morgan fingerprint density at radius 2 is 2.29 bits per heavy atom. The first-order chi connectivity index (χ1) is 6.72. The Bertz CT molecular complexity index is 212. The second-order valence-electron chi connectivity index (χ2n) is 4.44. The molecule has 1 atom stereocenters. The standard InChI is InChI=1S/C12H22N2/c1-4-5-7-14-8-6-13-12(10-14)9-11(2)3/h11-13H,6-10H2,1-3H3. The summed E-state index contributed by atoms with van der Waals surface area (Å²) in [6, 6.07) is 0.669. The van der Waals surface area contributed by atoms with Crippen LogP contribution in [0.5, 0.6) is 0 Å². The highest BCUT2D eigenvalue weighted by Gasteiger charge is 2.18. The smallest absolute Gasteiger partial charge is 0.0602 e. The van der Waals surface area contributed by atoms with Gasteiger partial charge in [0.05, 0.1) is 6.54 Å². The molecule has 0 aromatic carbocycles. The van der Waals surface area contributed by atoms with Gasteiger partial charge in [-0.15, -0.1) is 5.92 Å². The van der Waals surface area contributed by atoms with Gasteiger partial charge in [0.1, 0.15) is 0 Å². The largest absolute Gasteiger partial charge is 0.311 e. The third-order valence-corrected chi connectivity index (χ3v) is 2.57. The van der Waals surface area contributed by atoms with Crippen molar-refractivity contribution in [2.24, 2.45) is 5.92 Å². The molecule has 0 aliphatic carbocycles. The normalized spacial score (nSPS) is 23.3. The number of nitrogens with one attached hydrogen (secondary N) is 1. The monoisotopic (exact) mass is 194 g/mol. The zero-order chi connectivity index (χ0) is 10.4. The lowest BCUT2D eigenvalue weighted by Gasteiger charge is -2.33. The molecule has 1 N–H and O–H groups in total. The van der Waals surface area contributed by atoms with Crippen LogP contribution in [0.1, 0.15) is 27.2 Å². The zero-order valence-electron chi connectivity index (χ0n) is 9.64. The molecule has 1 aliphatic heterocycles. The molecule has 1 rings (SSSR count). The Kier molecular flexibility index (Phi) is 5.00. The van der Waals surface area contributed by atoms with E-state index in [1.807, 2.05) is 6.92 Å². The van der Waals surface area contributed by atoms with Crippen molar-refractivity contribution in [2.75, 3.05) is 26.2 Å². The molecule has 14 heavy (non-hydrogen) atoms. The van der Waals surface area contributed by atoms with E-state index < -0.39 is 0 Å². The van der Waals surface area contributed by atoms with E-state index in [2.05, 4.69) is 35.9 Å². The second-order valence-corrected chi connectivity index (χ2v) is 4.44. The van der Waals surface area contributed by atoms with Crippen molar-refractivity contribution in [1.29, 1.82) is 0 Å². The Morgan fingerprint density at radius 3 is 2.93 bits per heavy atom. The molecule has 0 aromatic rings. The molecule has 2 nitrogen and oxygen atoms in total. The third-order valence-electron chi connectivity index (χ3n) is 2.57. The number of hydrogen-bond donors (Lipinski definition) is 1. The summed E-state index contributed by atoms with van der Waals surface area (Å²) in [6.07, 6.45) is 1.27. The van der Waals surface area contributed by atoms with E-state index >= 15 is 0 Å². The predicted octanol–water partition coefficient (Wildman–Crippen LogP) is 1.33. The summed E-state index contributed by atoms with van der Waals surface area (Å²) in [6.45, 7) is 10.8. The first kappa shape index (κ1) is 11.6. The SMILES string of the molecule is CC#CCN1CCNC(CC(C)C)C1. The van der Waals surface area contributed by atoms with Crippen LogP contribution >= 0.6 is 0 Å². The van der Waals surface area contributed by atoms with Crippen LogP contribution in [0.15, 0.2) is 0 Å². The van der Waals surface area contributed by atoms with Gasteiger partial charge in [0, 0.05) is 25.7 Å². The molecule has 0 spiro atoms. The van der Waals surface area contributed by atoms with Crippen LogP contribution in [-0.4, -0.2) is 37.1 Å². The van der Waals surface area contributed by atoms with Gasteiger partial charge in [0.2, 0.25) is 0 Å². The fraction of sp³-hybridized carbons (Fsp3) is 0.833. The highest BCUT2D eigenvalue weighted by atomic mass is 15.2. The van der Waals surface area contributed by atoms with Crippen molar-refractivity contribution >= 4 is 0 Å². The van der Waals surface area contributed by atoms with Crippen LogP contribution in [0, 0.1) is 17.8 Å². The van der Waals surface area contributed by atoms with Gasteiger partial charge in [0.25, 0.3) is 0 Å². The first-order valence-electron chi connectivity index (χ1n) is 5.57. The van der Waals surface area contributed by atoms with E-state index in [1.165, 1.54) is 6.42 Å². The van der Waals surface area contributed by atoms with Gasteiger partial charge in [-0.1, -0.05) is 19.8 Å². The van der Waals surface area contributed by atoms with Crippen LogP contribution in [0.25, 0.3) is 0 Å². The van der Waals surface area contributed by atoms with Gasteiger partial charge in [-0.2, -0.15) is 0 Å². The van der Waals surface area contributed by atoms with Gasteiger partial charge in [-0.25, -0.2) is 0 Å². The summed E-state index contributed by atoms with van der Waals surface area (Å²) in [4.78, 5) is 2.44. The molecule has 2 heteroatoms. The Morgan fingerprint density at radius 1 is 1.50 bits per heavy atom. The van der Waals surface area contributed by atoms with E-state index in [9.17, 15) is 0 Å². The second kappa shape index (κ2) is 6.06. The van der Waals surface area contributed by atoms with Crippen LogP contribution in [-0.2, 0) is 0 Å². The Balaban J connectivity index is 2.30. The number of hydrogen-bond acceptors (Lipinski definition) is 2. The number of piperazine rings is 1. The molecule has 0 bridgehead atoms. The lowest BCUT2D eigenvalue weighted by atomic mass is 10.0. The first-order valence-corrected chi connectivity index (χ1v) is 5.57. The molecule has 0 saturated carbocycles. The zero-order valence-corrected chi connectivity index (χ0v) is 9.64. The highest BCUT2D eigenvalue weighted by Crippen LogP contribution is 2.08. The summed E-state index contributed by atoms with van der Waals surface area (Å²) in [5, 5.41) is 3.57. The van der Waals surface area contributed by atoms with Crippen molar-refractivity contribution < 1.29 is 0 Å². The highest BCUT2D eigenvalue weighted by molar-refractivity contribution is 4.98. The van der Waals surface area contributed by atoms with E-state index in [0.717, 1.165) is 32.1 Å². The van der Waals surface area contributed by atoms with Crippen LogP contribution in [0.3, 0.4) is 0 Å². The quantitative estimate of drug-likeness (QED) is 0.682. The summed E-state index contributed by atoms with van der Waals surface area (Å²) >= 11 is 0. The Labute approximate surface area is 88.1 Å². The summed E-state index contributed by atoms with van der Waals surface area (Å²) in [5.41, 5.74) is 0. The van der Waals surface area contributed by atoms with E-state index in [0.29, 0.717) is 6.04 Å². The van der Waals surface area contributed by atoms with Crippen LogP contribution < -0.4 is 5.32 Å². The molecule has 1 unspecified atom stereocenters. The maximum Gasteiger partial charge on any atom is 0.0602 e. The fourth-order valence-corrected chi connectivity index (χ4v) is 1.96. The van der Waals surface area contributed by atoms with Gasteiger partial charge in [-0.05, 0) is 19.3 Å². The van der Waals surface area contributed by atoms with Crippen LogP contribution in [0.2, 0.25) is 0 Å². The molecule has 1 fully saturated rings. The predicted molar refractivity (Wildman–Crippen MR) is 61.1 cm³/mol. The average molecular weight is 194 g/mol. The fourth-order valence-electron chi connectivity index (χ4n) is 1.96. The lowest BCUT2D eigenvalue weighted by Crippen LogP contribution is -2.51. The molecular weight excluding hydrogens is 172 g/mol. The minimum absolute atomic E-state index is 0.669. The third kappa shape index (κ3) is 4.13. The van der Waals surface area contributed by atoms with Crippen molar-refractivity contribution in [3.63, 3.8) is 0 Å². The molecular formula is C12H22N2. The topological polar surface area (TPSA) is 15.3 Å². The molecule has 80 valence electrons. The Hall–Kier alpha value is -0.520. The molecule has 1 heterocycles. The summed E-state index contributed by atoms with van der Waals surface area (Å²) < 4.78 is 0. The number of nitrogens with zero attached hydrogens (tertiary/aromatic N) is 1. The van der Waals surface area contributed by atoms with Gasteiger partial charge in [-0.3, -0.25) is 4.90 Å². The maximum absolute atomic E-state index is 3.57. The molecule has 1 aliphatic rings. The molecule has 0 radical (unpaired) electrons. The van der Waals surface area contributed by atoms with E-state index in [-0.39, 0.29) is 0 Å². The minimum atomic E-state index is 0.669. The summed E-state index contributed by atoms with van der Waals surface area (Å²) in [5.74, 6) is 6.88. The molecule has 0 amide bonds. The lowest BCUT2D eigenvalue weighted by molar-refractivity contribution is 0.205. The van der Waals surface area contributed by atoms with Crippen molar-refractivity contribution in [3.05, 3.63) is 0 Å². The summed E-state index contributed by atoms with van der Waals surface area (Å²) in [7, 11) is 0. The molecule has 1 saturated heterocycles. The maximum atomic E-state index is 3.57. The average Bonchev–Trinajstić information content (AvgIpc) is 2.14. The van der Waals surface area contributed by atoms with Crippen molar-refractivity contribution in [2.45, 2.75) is 33.2 Å². The van der Waals surface area contributed by atoms with Crippen LogP contribution in [0.4, 0.5) is 0 Å². The number of rotatable bonds is 3. The van der Waals surface area contributed by atoms with Gasteiger partial charge < -0.3 is 5.32 Å². The molecule has 0 aromatic heterocycles.